The normalized spacial score (nSPS) is 10.4. The molecule has 2 amide bonds. The minimum absolute atomic E-state index is 0.234. The zero-order chi connectivity index (χ0) is 25.5. The third kappa shape index (κ3) is 5.53. The van der Waals surface area contributed by atoms with Crippen molar-refractivity contribution in [2.75, 3.05) is 23.8 Å². The molecular weight excluding hydrogens is 460 g/mol. The average Bonchev–Trinajstić information content (AvgIpc) is 3.20. The van der Waals surface area contributed by atoms with Crippen molar-refractivity contribution in [1.82, 2.24) is 14.9 Å². The molecule has 0 bridgehead atoms. The highest BCUT2D eigenvalue weighted by Gasteiger charge is 2.17. The molecule has 0 radical (unpaired) electrons. The van der Waals surface area contributed by atoms with Gasteiger partial charge >= 0.3 is 12.0 Å². The number of nitriles is 1. The van der Waals surface area contributed by atoms with Gasteiger partial charge in [0.25, 0.3) is 0 Å². The summed E-state index contributed by atoms with van der Waals surface area (Å²) in [6.45, 7) is 3.48. The van der Waals surface area contributed by atoms with Crippen LogP contribution in [0.4, 0.5) is 21.9 Å². The second-order valence-corrected chi connectivity index (χ2v) is 7.68. The number of nitrogens with zero attached hydrogens (tertiary/aromatic N) is 3. The Bertz CT molecular complexity index is 1430. The van der Waals surface area contributed by atoms with Gasteiger partial charge in [-0.15, -0.1) is 0 Å². The van der Waals surface area contributed by atoms with Crippen molar-refractivity contribution < 1.29 is 19.1 Å². The van der Waals surface area contributed by atoms with Crippen LogP contribution in [0.3, 0.4) is 0 Å². The fourth-order valence-corrected chi connectivity index (χ4v) is 3.53. The van der Waals surface area contributed by atoms with E-state index in [2.05, 4.69) is 27.1 Å². The van der Waals surface area contributed by atoms with Gasteiger partial charge in [-0.1, -0.05) is 18.2 Å². The van der Waals surface area contributed by atoms with Crippen LogP contribution in [-0.2, 0) is 9.53 Å². The van der Waals surface area contributed by atoms with Crippen LogP contribution >= 0.6 is 0 Å². The number of carbonyl (C=O) groups is 2. The predicted molar refractivity (Wildman–Crippen MR) is 135 cm³/mol. The van der Waals surface area contributed by atoms with Crippen LogP contribution in [0.2, 0.25) is 0 Å². The Kier molecular flexibility index (Phi) is 7.31. The molecule has 0 saturated heterocycles. The van der Waals surface area contributed by atoms with E-state index in [-0.39, 0.29) is 13.2 Å². The van der Waals surface area contributed by atoms with E-state index in [4.69, 9.17) is 9.47 Å². The van der Waals surface area contributed by atoms with E-state index in [0.717, 1.165) is 11.4 Å². The van der Waals surface area contributed by atoms with Gasteiger partial charge in [-0.2, -0.15) is 10.4 Å². The first-order valence-corrected chi connectivity index (χ1v) is 11.2. The van der Waals surface area contributed by atoms with Crippen molar-refractivity contribution in [3.63, 3.8) is 0 Å². The molecule has 0 aliphatic rings. The number of benzene rings is 2. The first-order chi connectivity index (χ1) is 17.5. The number of aromatic nitrogens is 2. The average molecular weight is 485 g/mol. The number of hydrogen-bond acceptors (Lipinski definition) is 7. The number of urea groups is 1. The van der Waals surface area contributed by atoms with Crippen LogP contribution in [0.25, 0.3) is 5.52 Å². The Hall–Kier alpha value is -5.04. The highest BCUT2D eigenvalue weighted by molar-refractivity contribution is 5.96. The molecule has 0 spiro atoms. The van der Waals surface area contributed by atoms with Gasteiger partial charge in [0.1, 0.15) is 24.1 Å². The highest BCUT2D eigenvalue weighted by Crippen LogP contribution is 2.33. The molecule has 0 aliphatic carbocycles. The van der Waals surface area contributed by atoms with E-state index in [1.54, 1.807) is 24.6 Å². The van der Waals surface area contributed by atoms with Gasteiger partial charge in [-0.25, -0.2) is 9.31 Å². The summed E-state index contributed by atoms with van der Waals surface area (Å²) in [7, 11) is 0. The minimum Gasteiger partial charge on any atom is -0.465 e. The lowest BCUT2D eigenvalue weighted by Gasteiger charge is -2.12. The fraction of sp³-hybridized carbons (Fsp3) is 0.154. The quantitative estimate of drug-likeness (QED) is 0.308. The first-order valence-electron chi connectivity index (χ1n) is 11.2. The van der Waals surface area contributed by atoms with E-state index < -0.39 is 12.0 Å². The largest absolute Gasteiger partial charge is 0.465 e. The SMILES string of the molecule is CCOC(=O)CNC(=O)Nc1cn2ncc(C#N)c(Nc3ccc(Oc4ccccc4)cc3)c2c1C. The van der Waals surface area contributed by atoms with Gasteiger partial charge in [0.05, 0.1) is 41.5 Å². The topological polar surface area (TPSA) is 130 Å². The summed E-state index contributed by atoms with van der Waals surface area (Å²) in [5.41, 5.74) is 3.42. The summed E-state index contributed by atoms with van der Waals surface area (Å²) in [5, 5.41) is 22.4. The molecule has 2 heterocycles. The Balaban J connectivity index is 1.55. The minimum atomic E-state index is -0.564. The van der Waals surface area contributed by atoms with Crippen molar-refractivity contribution in [1.29, 1.82) is 5.26 Å². The third-order valence-electron chi connectivity index (χ3n) is 5.23. The maximum absolute atomic E-state index is 12.3. The number of rotatable bonds is 8. The molecule has 10 heteroatoms. The number of ether oxygens (including phenoxy) is 2. The summed E-state index contributed by atoms with van der Waals surface area (Å²) < 4.78 is 12.2. The number of nitrogens with one attached hydrogen (secondary N) is 3. The number of amides is 2. The van der Waals surface area contributed by atoms with E-state index >= 15 is 0 Å². The summed E-state index contributed by atoms with van der Waals surface area (Å²) >= 11 is 0. The molecule has 10 nitrogen and oxygen atoms in total. The Morgan fingerprint density at radius 1 is 1.08 bits per heavy atom. The number of hydrogen-bond donors (Lipinski definition) is 3. The Morgan fingerprint density at radius 2 is 1.81 bits per heavy atom. The molecule has 4 rings (SSSR count). The second kappa shape index (κ2) is 10.9. The van der Waals surface area contributed by atoms with Crippen LogP contribution in [0.5, 0.6) is 11.5 Å². The van der Waals surface area contributed by atoms with Gasteiger partial charge in [-0.3, -0.25) is 4.79 Å². The number of anilines is 3. The van der Waals surface area contributed by atoms with Crippen LogP contribution in [0, 0.1) is 18.3 Å². The lowest BCUT2D eigenvalue weighted by atomic mass is 10.1. The van der Waals surface area contributed by atoms with Gasteiger partial charge in [0.15, 0.2) is 0 Å². The number of carbonyl (C=O) groups excluding carboxylic acids is 2. The number of para-hydroxylation sites is 1. The Morgan fingerprint density at radius 3 is 2.50 bits per heavy atom. The molecule has 182 valence electrons. The van der Waals surface area contributed by atoms with Crippen molar-refractivity contribution in [3.05, 3.63) is 78.1 Å². The fourth-order valence-electron chi connectivity index (χ4n) is 3.53. The van der Waals surface area contributed by atoms with Gasteiger partial charge in [0.2, 0.25) is 0 Å². The number of esters is 1. The monoisotopic (exact) mass is 484 g/mol. The molecule has 0 aliphatic heterocycles. The molecule has 2 aromatic heterocycles. The summed E-state index contributed by atoms with van der Waals surface area (Å²) in [4.78, 5) is 23.8. The molecule has 36 heavy (non-hydrogen) atoms. The van der Waals surface area contributed by atoms with Gasteiger partial charge < -0.3 is 25.4 Å². The maximum Gasteiger partial charge on any atom is 0.325 e. The van der Waals surface area contributed by atoms with Gasteiger partial charge in [0, 0.05) is 11.3 Å². The first kappa shape index (κ1) is 24.1. The zero-order valence-corrected chi connectivity index (χ0v) is 19.7. The Labute approximate surface area is 207 Å². The van der Waals surface area contributed by atoms with E-state index in [1.807, 2.05) is 54.6 Å². The van der Waals surface area contributed by atoms with Crippen LogP contribution in [-0.4, -0.2) is 34.8 Å². The lowest BCUT2D eigenvalue weighted by molar-refractivity contribution is -0.141. The molecule has 0 unspecified atom stereocenters. The zero-order valence-electron chi connectivity index (χ0n) is 19.7. The van der Waals surface area contributed by atoms with Crippen molar-refractivity contribution in [2.24, 2.45) is 0 Å². The predicted octanol–water partition coefficient (Wildman–Crippen LogP) is 4.73. The standard InChI is InChI=1S/C26H24N6O4/c1-3-35-23(33)15-28-26(34)31-22-16-32-25(17(22)2)24(18(13-27)14-29-32)30-19-9-11-21(12-10-19)36-20-7-5-4-6-8-20/h4-12,14,16,30H,3,15H2,1-2H3,(H2,28,31,34). The third-order valence-corrected chi connectivity index (χ3v) is 5.23. The van der Waals surface area contributed by atoms with Crippen LogP contribution < -0.4 is 20.7 Å². The van der Waals surface area contributed by atoms with Crippen LogP contribution in [0.15, 0.2) is 67.0 Å². The van der Waals surface area contributed by atoms with Crippen molar-refractivity contribution >= 4 is 34.6 Å². The molecule has 4 aromatic rings. The smallest absolute Gasteiger partial charge is 0.325 e. The number of aryl methyl sites for hydroxylation is 1. The van der Waals surface area contributed by atoms with E-state index in [1.165, 1.54) is 6.20 Å². The van der Waals surface area contributed by atoms with Crippen molar-refractivity contribution in [3.8, 4) is 17.6 Å². The summed E-state index contributed by atoms with van der Waals surface area (Å²) in [6.07, 6.45) is 3.09. The van der Waals surface area contributed by atoms with Crippen molar-refractivity contribution in [2.45, 2.75) is 13.8 Å². The highest BCUT2D eigenvalue weighted by atomic mass is 16.5. The molecule has 0 atom stereocenters. The molecule has 0 fully saturated rings. The molecule has 3 N–H and O–H groups in total. The summed E-state index contributed by atoms with van der Waals surface area (Å²) in [5.74, 6) is 0.876. The van der Waals surface area contributed by atoms with E-state index in [0.29, 0.717) is 33.8 Å². The van der Waals surface area contributed by atoms with Crippen LogP contribution in [0.1, 0.15) is 18.1 Å². The lowest BCUT2D eigenvalue weighted by Crippen LogP contribution is -2.34. The maximum atomic E-state index is 12.3. The second-order valence-electron chi connectivity index (χ2n) is 7.68. The van der Waals surface area contributed by atoms with E-state index in [9.17, 15) is 14.9 Å². The molecular formula is C26H24N6O4. The molecule has 2 aromatic carbocycles. The number of fused-ring (bicyclic) bond motifs is 1. The molecule has 0 saturated carbocycles. The summed E-state index contributed by atoms with van der Waals surface area (Å²) in [6, 6.07) is 18.4. The van der Waals surface area contributed by atoms with Gasteiger partial charge in [-0.05, 0) is 50.2 Å².